The number of halogens is 1. The third-order valence-corrected chi connectivity index (χ3v) is 1.41. The fraction of sp³-hybridized carbons (Fsp3) is 0.125. The predicted octanol–water partition coefficient (Wildman–Crippen LogP) is 2.03. The molecule has 0 amide bonds. The molecule has 58 valence electrons. The second-order valence-electron chi connectivity index (χ2n) is 1.96. The van der Waals surface area contributed by atoms with Crippen LogP contribution in [0.2, 0.25) is 0 Å². The molecule has 11 heavy (non-hydrogen) atoms. The predicted molar refractivity (Wildman–Crippen MR) is 51.0 cm³/mol. The zero-order chi connectivity index (χ0) is 8.10. The van der Waals surface area contributed by atoms with Crippen molar-refractivity contribution >= 4 is 26.4 Å². The molecule has 0 atom stereocenters. The van der Waals surface area contributed by atoms with Gasteiger partial charge in [0.1, 0.15) is 5.75 Å². The average molecular weight is 262 g/mol. The van der Waals surface area contributed by atoms with Gasteiger partial charge < -0.3 is 4.74 Å². The summed E-state index contributed by atoms with van der Waals surface area (Å²) in [5.74, 6) is 0.734. The first-order chi connectivity index (χ1) is 5.29. The number of benzene rings is 1. The van der Waals surface area contributed by atoms with Crippen molar-refractivity contribution in [1.29, 1.82) is 0 Å². The minimum atomic E-state index is 0.00598. The van der Waals surface area contributed by atoms with Crippen molar-refractivity contribution < 1.29 is 9.53 Å². The van der Waals surface area contributed by atoms with Crippen molar-refractivity contribution in [2.75, 3.05) is 6.61 Å². The summed E-state index contributed by atoms with van der Waals surface area (Å²) < 4.78 is 5.12. The molecule has 0 heterocycles. The van der Waals surface area contributed by atoms with Gasteiger partial charge in [0.15, 0.2) is 6.61 Å². The molecule has 0 aromatic heterocycles. The maximum Gasteiger partial charge on any atom is 0.229 e. The lowest BCUT2D eigenvalue weighted by molar-refractivity contribution is -0.111. The standard InChI is InChI=1S/C8H7IO2/c9-8(10)6-11-7-4-2-1-3-5-7/h1-5H,6H2. The van der Waals surface area contributed by atoms with E-state index in [1.165, 1.54) is 0 Å². The number of rotatable bonds is 3. The van der Waals surface area contributed by atoms with Crippen LogP contribution in [0.15, 0.2) is 30.3 Å². The second kappa shape index (κ2) is 4.33. The van der Waals surface area contributed by atoms with E-state index < -0.39 is 0 Å². The Morgan fingerprint density at radius 2 is 2.00 bits per heavy atom. The van der Waals surface area contributed by atoms with Crippen LogP contribution in [0, 0.1) is 0 Å². The lowest BCUT2D eigenvalue weighted by Crippen LogP contribution is -2.03. The zero-order valence-electron chi connectivity index (χ0n) is 5.79. The highest BCUT2D eigenvalue weighted by Gasteiger charge is 1.95. The van der Waals surface area contributed by atoms with Gasteiger partial charge in [0.25, 0.3) is 0 Å². The minimum absolute atomic E-state index is 0.00598. The molecule has 3 heteroatoms. The maximum atomic E-state index is 10.5. The van der Waals surface area contributed by atoms with Crippen LogP contribution >= 0.6 is 22.6 Å². The summed E-state index contributed by atoms with van der Waals surface area (Å²) in [5, 5.41) is 0. The smallest absolute Gasteiger partial charge is 0.229 e. The van der Waals surface area contributed by atoms with Crippen molar-refractivity contribution in [3.8, 4) is 5.75 Å². The van der Waals surface area contributed by atoms with E-state index in [0.717, 1.165) is 5.75 Å². The topological polar surface area (TPSA) is 26.3 Å². The average Bonchev–Trinajstić information content (AvgIpc) is 2.03. The van der Waals surface area contributed by atoms with Gasteiger partial charge in [-0.05, 0) is 12.1 Å². The summed E-state index contributed by atoms with van der Waals surface area (Å²) in [6, 6.07) is 9.28. The van der Waals surface area contributed by atoms with Crippen LogP contribution in [-0.2, 0) is 4.79 Å². The number of para-hydroxylation sites is 1. The van der Waals surface area contributed by atoms with E-state index in [4.69, 9.17) is 4.74 Å². The molecule has 0 bridgehead atoms. The Kier molecular flexibility index (Phi) is 3.35. The highest BCUT2D eigenvalue weighted by Crippen LogP contribution is 2.08. The van der Waals surface area contributed by atoms with Gasteiger partial charge in [0.05, 0.1) is 0 Å². The summed E-state index contributed by atoms with van der Waals surface area (Å²) >= 11 is 1.71. The molecule has 0 saturated heterocycles. The summed E-state index contributed by atoms with van der Waals surface area (Å²) in [6.07, 6.45) is 0. The van der Waals surface area contributed by atoms with E-state index >= 15 is 0 Å². The number of carbonyl (C=O) groups excluding carboxylic acids is 1. The maximum absolute atomic E-state index is 10.5. The summed E-state index contributed by atoms with van der Waals surface area (Å²) in [7, 11) is 0. The molecule has 0 aliphatic rings. The Morgan fingerprint density at radius 3 is 2.55 bits per heavy atom. The Labute approximate surface area is 78.7 Å². The molecule has 0 unspecified atom stereocenters. The summed E-state index contributed by atoms with van der Waals surface area (Å²) in [5.41, 5.74) is 0. The van der Waals surface area contributed by atoms with Gasteiger partial charge in [0.2, 0.25) is 3.79 Å². The van der Waals surface area contributed by atoms with Gasteiger partial charge in [-0.25, -0.2) is 0 Å². The van der Waals surface area contributed by atoms with Crippen LogP contribution in [0.3, 0.4) is 0 Å². The van der Waals surface area contributed by atoms with Crippen LogP contribution in [0.25, 0.3) is 0 Å². The Bertz CT molecular complexity index is 233. The largest absolute Gasteiger partial charge is 0.485 e. The van der Waals surface area contributed by atoms with E-state index in [1.807, 2.05) is 30.3 Å². The zero-order valence-corrected chi connectivity index (χ0v) is 7.95. The fourth-order valence-corrected chi connectivity index (χ4v) is 0.812. The number of hydrogen-bond donors (Lipinski definition) is 0. The number of ether oxygens (including phenoxy) is 1. The first-order valence-corrected chi connectivity index (χ1v) is 4.23. The third kappa shape index (κ3) is 3.36. The molecule has 0 aliphatic carbocycles. The summed E-state index contributed by atoms with van der Waals surface area (Å²) in [4.78, 5) is 10.5. The highest BCUT2D eigenvalue weighted by atomic mass is 127. The van der Waals surface area contributed by atoms with Crippen molar-refractivity contribution in [3.05, 3.63) is 30.3 Å². The van der Waals surface area contributed by atoms with E-state index in [-0.39, 0.29) is 10.4 Å². The molecular formula is C8H7IO2. The molecule has 0 fully saturated rings. The monoisotopic (exact) mass is 262 g/mol. The SMILES string of the molecule is O=C(I)COc1ccccc1. The molecule has 0 N–H and O–H groups in total. The van der Waals surface area contributed by atoms with Gasteiger partial charge >= 0.3 is 0 Å². The molecule has 1 aromatic carbocycles. The summed E-state index contributed by atoms with van der Waals surface area (Å²) in [6.45, 7) is 0.143. The van der Waals surface area contributed by atoms with Crippen LogP contribution in [0.1, 0.15) is 0 Å². The molecule has 0 spiro atoms. The fourth-order valence-electron chi connectivity index (χ4n) is 0.657. The van der Waals surface area contributed by atoms with Crippen molar-refractivity contribution in [3.63, 3.8) is 0 Å². The molecule has 2 nitrogen and oxygen atoms in total. The Hall–Kier alpha value is -0.580. The highest BCUT2D eigenvalue weighted by molar-refractivity contribution is 14.1. The van der Waals surface area contributed by atoms with Crippen LogP contribution in [0.4, 0.5) is 0 Å². The molecule has 0 radical (unpaired) electrons. The van der Waals surface area contributed by atoms with Crippen molar-refractivity contribution in [2.45, 2.75) is 0 Å². The van der Waals surface area contributed by atoms with Crippen LogP contribution < -0.4 is 4.74 Å². The molecule has 0 saturated carbocycles. The minimum Gasteiger partial charge on any atom is -0.485 e. The van der Waals surface area contributed by atoms with E-state index in [1.54, 1.807) is 22.6 Å². The first-order valence-electron chi connectivity index (χ1n) is 3.15. The molecule has 1 aromatic rings. The van der Waals surface area contributed by atoms with E-state index in [2.05, 4.69) is 0 Å². The number of carbonyl (C=O) groups is 1. The van der Waals surface area contributed by atoms with Gasteiger partial charge in [-0.3, -0.25) is 4.79 Å². The second-order valence-corrected chi connectivity index (χ2v) is 3.16. The number of hydrogen-bond acceptors (Lipinski definition) is 2. The molecular weight excluding hydrogens is 255 g/mol. The van der Waals surface area contributed by atoms with Crippen LogP contribution in [0.5, 0.6) is 5.75 Å². The van der Waals surface area contributed by atoms with E-state index in [0.29, 0.717) is 0 Å². The quantitative estimate of drug-likeness (QED) is 0.615. The Morgan fingerprint density at radius 1 is 1.36 bits per heavy atom. The molecule has 0 aliphatic heterocycles. The van der Waals surface area contributed by atoms with E-state index in [9.17, 15) is 4.79 Å². The first kappa shape index (κ1) is 8.52. The van der Waals surface area contributed by atoms with Gasteiger partial charge in [-0.1, -0.05) is 18.2 Å². The van der Waals surface area contributed by atoms with Gasteiger partial charge in [-0.15, -0.1) is 0 Å². The molecule has 1 rings (SSSR count). The lowest BCUT2D eigenvalue weighted by Gasteiger charge is -2.00. The normalized spacial score (nSPS) is 9.18. The van der Waals surface area contributed by atoms with Crippen LogP contribution in [-0.4, -0.2) is 10.4 Å². The van der Waals surface area contributed by atoms with Gasteiger partial charge in [0, 0.05) is 22.6 Å². The Balaban J connectivity index is 2.45. The van der Waals surface area contributed by atoms with Gasteiger partial charge in [-0.2, -0.15) is 0 Å². The third-order valence-electron chi connectivity index (χ3n) is 1.10. The lowest BCUT2D eigenvalue weighted by atomic mass is 10.3. The van der Waals surface area contributed by atoms with Crippen molar-refractivity contribution in [1.82, 2.24) is 0 Å². The van der Waals surface area contributed by atoms with Crippen molar-refractivity contribution in [2.24, 2.45) is 0 Å².